The number of ether oxygens (including phenoxy) is 1. The number of nitrogens with one attached hydrogen (secondary N) is 1. The maximum atomic E-state index is 5.54. The number of benzene rings is 1. The molecule has 2 saturated heterocycles. The average molecular weight is 315 g/mol. The largest absolute Gasteiger partial charge is 0.490 e. The lowest BCUT2D eigenvalue weighted by Gasteiger charge is -2.50. The van der Waals surface area contributed by atoms with Gasteiger partial charge in [-0.25, -0.2) is 0 Å². The number of likely N-dealkylation sites (tertiary alicyclic amines) is 1. The molecule has 2 aliphatic heterocycles. The van der Waals surface area contributed by atoms with E-state index < -0.39 is 0 Å². The molecule has 23 heavy (non-hydrogen) atoms. The molecule has 1 N–H and O–H groups in total. The van der Waals surface area contributed by atoms with Crippen LogP contribution in [-0.2, 0) is 6.54 Å². The van der Waals surface area contributed by atoms with Gasteiger partial charge in [0, 0.05) is 44.8 Å². The van der Waals surface area contributed by atoms with Crippen molar-refractivity contribution in [3.05, 3.63) is 42.5 Å². The summed E-state index contributed by atoms with van der Waals surface area (Å²) in [6, 6.07) is 8.47. The first-order valence-electron chi connectivity index (χ1n) is 8.69. The quantitative estimate of drug-likeness (QED) is 0.843. The minimum absolute atomic E-state index is 0.386. The molecule has 2 fully saturated rings. The Morgan fingerprint density at radius 1 is 1.22 bits per heavy atom. The van der Waals surface area contributed by atoms with Crippen molar-refractivity contribution in [2.24, 2.45) is 0 Å². The fraction of sp³-hybridized carbons (Fsp3) is 0.579. The Morgan fingerprint density at radius 3 is 2.61 bits per heavy atom. The van der Waals surface area contributed by atoms with Crippen LogP contribution in [0.25, 0.3) is 0 Å². The van der Waals surface area contributed by atoms with E-state index in [9.17, 15) is 0 Å². The predicted octanol–water partition coefficient (Wildman–Crippen LogP) is 2.12. The van der Waals surface area contributed by atoms with Crippen LogP contribution in [0.5, 0.6) is 5.75 Å². The second-order valence-corrected chi connectivity index (χ2v) is 6.84. The van der Waals surface area contributed by atoms with Gasteiger partial charge in [0.05, 0.1) is 0 Å². The highest BCUT2D eigenvalue weighted by Crippen LogP contribution is 2.29. The van der Waals surface area contributed by atoms with Gasteiger partial charge >= 0.3 is 0 Å². The fourth-order valence-corrected chi connectivity index (χ4v) is 3.73. The second kappa shape index (κ2) is 7.47. The van der Waals surface area contributed by atoms with Crippen molar-refractivity contribution in [2.75, 3.05) is 46.4 Å². The van der Waals surface area contributed by atoms with Gasteiger partial charge in [-0.1, -0.05) is 24.8 Å². The van der Waals surface area contributed by atoms with Crippen LogP contribution in [0.3, 0.4) is 0 Å². The number of rotatable bonds is 5. The van der Waals surface area contributed by atoms with Crippen LogP contribution in [-0.4, -0.2) is 61.7 Å². The molecule has 0 amide bonds. The normalized spacial score (nSPS) is 22.1. The lowest BCUT2D eigenvalue weighted by Crippen LogP contribution is -2.63. The average Bonchev–Trinajstić information content (AvgIpc) is 2.59. The van der Waals surface area contributed by atoms with E-state index in [2.05, 4.69) is 53.0 Å². The summed E-state index contributed by atoms with van der Waals surface area (Å²) in [4.78, 5) is 5.15. The molecule has 0 aliphatic carbocycles. The van der Waals surface area contributed by atoms with Gasteiger partial charge in [0.2, 0.25) is 0 Å². The zero-order valence-electron chi connectivity index (χ0n) is 14.3. The van der Waals surface area contributed by atoms with E-state index in [1.54, 1.807) is 6.08 Å². The number of nitrogens with zero attached hydrogens (tertiary/aromatic N) is 2. The van der Waals surface area contributed by atoms with Crippen LogP contribution in [0.2, 0.25) is 0 Å². The topological polar surface area (TPSA) is 27.7 Å². The van der Waals surface area contributed by atoms with Crippen molar-refractivity contribution >= 4 is 0 Å². The molecule has 4 heteroatoms. The summed E-state index contributed by atoms with van der Waals surface area (Å²) in [5.74, 6) is 0.918. The van der Waals surface area contributed by atoms with Crippen molar-refractivity contribution in [1.29, 1.82) is 0 Å². The first-order valence-corrected chi connectivity index (χ1v) is 8.69. The van der Waals surface area contributed by atoms with Crippen molar-refractivity contribution in [2.45, 2.75) is 24.9 Å². The second-order valence-electron chi connectivity index (χ2n) is 6.84. The highest BCUT2D eigenvalue weighted by Gasteiger charge is 2.39. The van der Waals surface area contributed by atoms with Crippen LogP contribution in [0.4, 0.5) is 0 Å². The highest BCUT2D eigenvalue weighted by atomic mass is 16.5. The van der Waals surface area contributed by atoms with Gasteiger partial charge < -0.3 is 10.1 Å². The molecule has 0 radical (unpaired) electrons. The molecule has 1 aromatic carbocycles. The van der Waals surface area contributed by atoms with E-state index in [1.807, 2.05) is 0 Å². The third-order valence-electron chi connectivity index (χ3n) is 5.37. The van der Waals surface area contributed by atoms with Gasteiger partial charge in [0.1, 0.15) is 12.4 Å². The number of likely N-dealkylation sites (N-methyl/N-ethyl adjacent to an activating group) is 1. The van der Waals surface area contributed by atoms with E-state index in [0.29, 0.717) is 12.1 Å². The standard InChI is InChI=1S/C19H29N3O/c1-3-14-23-18-6-4-17(5-7-18)15-22-11-8-19(9-12-22)16-20-10-13-21(19)2/h3-7,20H,1,8-16H2,2H3. The van der Waals surface area contributed by atoms with E-state index in [0.717, 1.165) is 25.4 Å². The summed E-state index contributed by atoms with van der Waals surface area (Å²) in [6.45, 7) is 11.1. The summed E-state index contributed by atoms with van der Waals surface area (Å²) in [5, 5.41) is 3.58. The minimum atomic E-state index is 0.386. The van der Waals surface area contributed by atoms with Gasteiger partial charge in [-0.05, 0) is 37.6 Å². The van der Waals surface area contributed by atoms with Crippen molar-refractivity contribution in [3.63, 3.8) is 0 Å². The molecule has 4 nitrogen and oxygen atoms in total. The minimum Gasteiger partial charge on any atom is -0.490 e. The molecule has 1 aromatic rings. The Bertz CT molecular complexity index is 506. The maximum absolute atomic E-state index is 5.54. The number of hydrogen-bond donors (Lipinski definition) is 1. The fourth-order valence-electron chi connectivity index (χ4n) is 3.73. The Morgan fingerprint density at radius 2 is 1.96 bits per heavy atom. The predicted molar refractivity (Wildman–Crippen MR) is 94.9 cm³/mol. The molecule has 0 saturated carbocycles. The maximum Gasteiger partial charge on any atom is 0.119 e. The van der Waals surface area contributed by atoms with Crippen LogP contribution in [0.1, 0.15) is 18.4 Å². The molecule has 1 spiro atoms. The molecule has 0 atom stereocenters. The number of hydrogen-bond acceptors (Lipinski definition) is 4. The SMILES string of the molecule is C=CCOc1ccc(CN2CCC3(CC2)CNCCN3C)cc1. The lowest BCUT2D eigenvalue weighted by atomic mass is 9.84. The third kappa shape index (κ3) is 3.94. The molecule has 2 aliphatic rings. The smallest absolute Gasteiger partial charge is 0.119 e. The molecule has 3 rings (SSSR count). The van der Waals surface area contributed by atoms with Gasteiger partial charge in [0.25, 0.3) is 0 Å². The Balaban J connectivity index is 1.51. The van der Waals surface area contributed by atoms with Crippen LogP contribution in [0.15, 0.2) is 36.9 Å². The van der Waals surface area contributed by atoms with Gasteiger partial charge in [0.15, 0.2) is 0 Å². The van der Waals surface area contributed by atoms with Gasteiger partial charge in [-0.2, -0.15) is 0 Å². The molecule has 0 bridgehead atoms. The zero-order chi connectivity index (χ0) is 16.1. The molecular weight excluding hydrogens is 286 g/mol. The van der Waals surface area contributed by atoms with E-state index in [-0.39, 0.29) is 0 Å². The number of piperidine rings is 1. The Labute approximate surface area is 140 Å². The van der Waals surface area contributed by atoms with E-state index >= 15 is 0 Å². The zero-order valence-corrected chi connectivity index (χ0v) is 14.3. The van der Waals surface area contributed by atoms with Crippen LogP contribution in [0, 0.1) is 0 Å². The molecular formula is C19H29N3O. The summed E-state index contributed by atoms with van der Waals surface area (Å²) in [7, 11) is 2.29. The summed E-state index contributed by atoms with van der Waals surface area (Å²) >= 11 is 0. The molecule has 126 valence electrons. The Kier molecular flexibility index (Phi) is 5.36. The monoisotopic (exact) mass is 315 g/mol. The Hall–Kier alpha value is -1.36. The summed E-state index contributed by atoms with van der Waals surface area (Å²) in [5.41, 5.74) is 1.75. The van der Waals surface area contributed by atoms with Crippen LogP contribution >= 0.6 is 0 Å². The van der Waals surface area contributed by atoms with E-state index in [4.69, 9.17) is 4.74 Å². The first kappa shape index (κ1) is 16.5. The summed E-state index contributed by atoms with van der Waals surface area (Å²) in [6.07, 6.45) is 4.29. The van der Waals surface area contributed by atoms with Gasteiger partial charge in [-0.3, -0.25) is 9.80 Å². The molecule has 0 aromatic heterocycles. The van der Waals surface area contributed by atoms with Crippen molar-refractivity contribution in [3.8, 4) is 5.75 Å². The lowest BCUT2D eigenvalue weighted by molar-refractivity contribution is 0.0192. The number of piperazine rings is 1. The summed E-state index contributed by atoms with van der Waals surface area (Å²) < 4.78 is 5.54. The molecule has 0 unspecified atom stereocenters. The van der Waals surface area contributed by atoms with Gasteiger partial charge in [-0.15, -0.1) is 0 Å². The third-order valence-corrected chi connectivity index (χ3v) is 5.37. The van der Waals surface area contributed by atoms with Crippen molar-refractivity contribution in [1.82, 2.24) is 15.1 Å². The van der Waals surface area contributed by atoms with E-state index in [1.165, 1.54) is 38.0 Å². The highest BCUT2D eigenvalue weighted by molar-refractivity contribution is 5.27. The van der Waals surface area contributed by atoms with Crippen LogP contribution < -0.4 is 10.1 Å². The molecule has 2 heterocycles. The first-order chi connectivity index (χ1) is 11.2. The van der Waals surface area contributed by atoms with Crippen molar-refractivity contribution < 1.29 is 4.74 Å².